The van der Waals surface area contributed by atoms with Crippen LogP contribution in [-0.4, -0.2) is 48.7 Å². The maximum absolute atomic E-state index is 12.2. The van der Waals surface area contributed by atoms with Crippen molar-refractivity contribution in [2.24, 2.45) is 11.7 Å². The van der Waals surface area contributed by atoms with E-state index in [4.69, 9.17) is 5.73 Å². The van der Waals surface area contributed by atoms with Crippen LogP contribution in [0.2, 0.25) is 0 Å². The third kappa shape index (κ3) is 4.63. The first kappa shape index (κ1) is 15.6. The number of amides is 1. The predicted octanol–water partition coefficient (Wildman–Crippen LogP) is 1.26. The van der Waals surface area contributed by atoms with Gasteiger partial charge in [-0.15, -0.1) is 0 Å². The molecule has 20 heavy (non-hydrogen) atoms. The number of halogens is 3. The van der Waals surface area contributed by atoms with Crippen LogP contribution in [0.4, 0.5) is 13.2 Å². The Labute approximate surface area is 116 Å². The highest BCUT2D eigenvalue weighted by molar-refractivity contribution is 5.88. The number of rotatable bonds is 5. The van der Waals surface area contributed by atoms with E-state index in [9.17, 15) is 18.0 Å². The van der Waals surface area contributed by atoms with Gasteiger partial charge in [-0.3, -0.25) is 9.69 Å². The molecule has 1 aliphatic carbocycles. The number of carbonyl (C=O) groups excluding carboxylic acids is 1. The molecule has 7 heteroatoms. The van der Waals surface area contributed by atoms with Crippen LogP contribution in [0.1, 0.15) is 32.1 Å². The normalized spacial score (nSPS) is 23.6. The van der Waals surface area contributed by atoms with E-state index in [0.717, 1.165) is 32.1 Å². The Bertz CT molecular complexity index is 347. The molecule has 1 saturated carbocycles. The van der Waals surface area contributed by atoms with Crippen LogP contribution in [0.15, 0.2) is 0 Å². The van der Waals surface area contributed by atoms with E-state index in [0.29, 0.717) is 25.6 Å². The molecule has 0 aromatic rings. The molecular formula is C13H22F3N3O. The summed E-state index contributed by atoms with van der Waals surface area (Å²) in [5, 5.41) is 2.82. The quantitative estimate of drug-likeness (QED) is 0.802. The minimum atomic E-state index is -4.11. The minimum Gasteiger partial charge on any atom is -0.354 e. The maximum atomic E-state index is 12.2. The van der Waals surface area contributed by atoms with Crippen LogP contribution in [-0.2, 0) is 4.79 Å². The van der Waals surface area contributed by atoms with Gasteiger partial charge in [-0.1, -0.05) is 0 Å². The summed E-state index contributed by atoms with van der Waals surface area (Å²) in [7, 11) is 0. The zero-order valence-electron chi connectivity index (χ0n) is 11.5. The summed E-state index contributed by atoms with van der Waals surface area (Å²) in [5.74, 6) is 0.305. The number of nitrogens with two attached hydrogens (primary N) is 1. The molecule has 0 unspecified atom stereocenters. The van der Waals surface area contributed by atoms with Gasteiger partial charge in [0.05, 0.1) is 12.1 Å². The van der Waals surface area contributed by atoms with Gasteiger partial charge in [0.15, 0.2) is 0 Å². The fourth-order valence-electron chi connectivity index (χ4n) is 2.61. The highest BCUT2D eigenvalue weighted by Gasteiger charge is 2.45. The number of nitrogens with zero attached hydrogens (tertiary/aromatic N) is 1. The van der Waals surface area contributed by atoms with E-state index in [2.05, 4.69) is 5.32 Å². The van der Waals surface area contributed by atoms with Crippen molar-refractivity contribution in [2.45, 2.75) is 43.8 Å². The lowest BCUT2D eigenvalue weighted by Gasteiger charge is -2.32. The SMILES string of the molecule is NC1(C(=O)NCCC2CCN(CC(F)(F)F)CC2)CC1. The van der Waals surface area contributed by atoms with E-state index in [1.807, 2.05) is 0 Å². The van der Waals surface area contributed by atoms with Crippen molar-refractivity contribution < 1.29 is 18.0 Å². The van der Waals surface area contributed by atoms with Gasteiger partial charge in [-0.05, 0) is 51.1 Å². The molecule has 2 rings (SSSR count). The van der Waals surface area contributed by atoms with Crippen LogP contribution < -0.4 is 11.1 Å². The Hall–Kier alpha value is -0.820. The molecule has 116 valence electrons. The number of hydrogen-bond donors (Lipinski definition) is 2. The van der Waals surface area contributed by atoms with Gasteiger partial charge in [-0.25, -0.2) is 0 Å². The van der Waals surface area contributed by atoms with Gasteiger partial charge in [0.2, 0.25) is 5.91 Å². The van der Waals surface area contributed by atoms with Crippen molar-refractivity contribution in [3.8, 4) is 0 Å². The molecule has 1 aliphatic heterocycles. The molecule has 0 atom stereocenters. The maximum Gasteiger partial charge on any atom is 0.401 e. The second kappa shape index (κ2) is 5.89. The molecule has 3 N–H and O–H groups in total. The Morgan fingerprint density at radius 2 is 1.90 bits per heavy atom. The summed E-state index contributed by atoms with van der Waals surface area (Å²) < 4.78 is 36.7. The molecule has 1 heterocycles. The molecular weight excluding hydrogens is 271 g/mol. The van der Waals surface area contributed by atoms with Crippen molar-refractivity contribution >= 4 is 5.91 Å². The molecule has 1 saturated heterocycles. The van der Waals surface area contributed by atoms with Crippen molar-refractivity contribution in [1.29, 1.82) is 0 Å². The number of nitrogens with one attached hydrogen (secondary N) is 1. The molecule has 4 nitrogen and oxygen atoms in total. The fraction of sp³-hybridized carbons (Fsp3) is 0.923. The number of piperidine rings is 1. The van der Waals surface area contributed by atoms with Crippen molar-refractivity contribution in [3.63, 3.8) is 0 Å². The first-order valence-corrected chi connectivity index (χ1v) is 7.15. The second-order valence-corrected chi connectivity index (χ2v) is 6.04. The third-order valence-electron chi connectivity index (χ3n) is 4.19. The van der Waals surface area contributed by atoms with Crippen LogP contribution in [0.25, 0.3) is 0 Å². The standard InChI is InChI=1S/C13H22F3N3O/c14-13(15,16)9-19-7-2-10(3-8-19)1-6-18-11(20)12(17)4-5-12/h10H,1-9,17H2,(H,18,20). The predicted molar refractivity (Wildman–Crippen MR) is 69.0 cm³/mol. The van der Waals surface area contributed by atoms with Crippen LogP contribution in [0, 0.1) is 5.92 Å². The fourth-order valence-corrected chi connectivity index (χ4v) is 2.61. The molecule has 0 aromatic heterocycles. The van der Waals surface area contributed by atoms with Crippen molar-refractivity contribution in [3.05, 3.63) is 0 Å². The van der Waals surface area contributed by atoms with Crippen molar-refractivity contribution in [1.82, 2.24) is 10.2 Å². The first-order valence-electron chi connectivity index (χ1n) is 7.15. The van der Waals surface area contributed by atoms with Crippen LogP contribution in [0.5, 0.6) is 0 Å². The molecule has 0 radical (unpaired) electrons. The van der Waals surface area contributed by atoms with Crippen molar-refractivity contribution in [2.75, 3.05) is 26.2 Å². The monoisotopic (exact) mass is 293 g/mol. The topological polar surface area (TPSA) is 58.4 Å². The van der Waals surface area contributed by atoms with Crippen LogP contribution in [0.3, 0.4) is 0 Å². The van der Waals surface area contributed by atoms with E-state index in [-0.39, 0.29) is 5.91 Å². The Morgan fingerprint density at radius 3 is 2.40 bits per heavy atom. The Balaban J connectivity index is 1.59. The summed E-state index contributed by atoms with van der Waals surface area (Å²) in [6, 6.07) is 0. The molecule has 2 fully saturated rings. The summed E-state index contributed by atoms with van der Waals surface area (Å²) in [5.41, 5.74) is 5.12. The Morgan fingerprint density at radius 1 is 1.30 bits per heavy atom. The highest BCUT2D eigenvalue weighted by atomic mass is 19.4. The molecule has 0 bridgehead atoms. The minimum absolute atomic E-state index is 0.0907. The van der Waals surface area contributed by atoms with Gasteiger partial charge < -0.3 is 11.1 Å². The van der Waals surface area contributed by atoms with Gasteiger partial charge in [0, 0.05) is 6.54 Å². The highest BCUT2D eigenvalue weighted by Crippen LogP contribution is 2.32. The summed E-state index contributed by atoms with van der Waals surface area (Å²) in [6.45, 7) is 0.728. The zero-order chi connectivity index (χ0) is 14.8. The van der Waals surface area contributed by atoms with E-state index in [1.54, 1.807) is 0 Å². The molecule has 0 aromatic carbocycles. The Kier molecular flexibility index (Phi) is 4.59. The first-order chi connectivity index (χ1) is 9.28. The number of likely N-dealkylation sites (tertiary alicyclic amines) is 1. The molecule has 1 amide bonds. The second-order valence-electron chi connectivity index (χ2n) is 6.04. The average Bonchev–Trinajstić information content (AvgIpc) is 3.09. The molecule has 0 spiro atoms. The molecule has 2 aliphatic rings. The van der Waals surface area contributed by atoms with Gasteiger partial charge in [0.1, 0.15) is 0 Å². The zero-order valence-corrected chi connectivity index (χ0v) is 11.5. The number of carbonyl (C=O) groups is 1. The van der Waals surface area contributed by atoms with E-state index in [1.165, 1.54) is 4.90 Å². The smallest absolute Gasteiger partial charge is 0.354 e. The summed E-state index contributed by atoms with van der Waals surface area (Å²) in [4.78, 5) is 13.1. The van der Waals surface area contributed by atoms with Gasteiger partial charge >= 0.3 is 6.18 Å². The number of hydrogen-bond acceptors (Lipinski definition) is 3. The third-order valence-corrected chi connectivity index (χ3v) is 4.19. The average molecular weight is 293 g/mol. The van der Waals surface area contributed by atoms with E-state index < -0.39 is 18.3 Å². The summed E-state index contributed by atoms with van der Waals surface area (Å²) in [6.07, 6.45) is -0.273. The number of alkyl halides is 3. The lowest BCUT2D eigenvalue weighted by atomic mass is 9.93. The van der Waals surface area contributed by atoms with Crippen LogP contribution >= 0.6 is 0 Å². The van der Waals surface area contributed by atoms with Gasteiger partial charge in [-0.2, -0.15) is 13.2 Å². The summed E-state index contributed by atoms with van der Waals surface area (Å²) >= 11 is 0. The van der Waals surface area contributed by atoms with E-state index >= 15 is 0 Å². The lowest BCUT2D eigenvalue weighted by Crippen LogP contribution is -2.44. The lowest BCUT2D eigenvalue weighted by molar-refractivity contribution is -0.148. The largest absolute Gasteiger partial charge is 0.401 e. The van der Waals surface area contributed by atoms with Gasteiger partial charge in [0.25, 0.3) is 0 Å².